The van der Waals surface area contributed by atoms with Crippen LogP contribution in [0.2, 0.25) is 0 Å². The van der Waals surface area contributed by atoms with Crippen molar-refractivity contribution in [1.29, 1.82) is 0 Å². The maximum Gasteiger partial charge on any atom is 0.251 e. The van der Waals surface area contributed by atoms with E-state index in [2.05, 4.69) is 43.7 Å². The quantitative estimate of drug-likeness (QED) is 0.159. The number of carbonyl (C=O) groups is 1. The minimum absolute atomic E-state index is 0.215. The summed E-state index contributed by atoms with van der Waals surface area (Å²) in [5.74, 6) is 0.221. The van der Waals surface area contributed by atoms with E-state index in [4.69, 9.17) is 4.42 Å². The van der Waals surface area contributed by atoms with E-state index in [-0.39, 0.29) is 18.0 Å². The highest BCUT2D eigenvalue weighted by Gasteiger charge is 2.20. The fraction of sp³-hybridized carbons (Fsp3) is 0.258. The molecular formula is C31H34N6O4S. The summed E-state index contributed by atoms with van der Waals surface area (Å²) in [6.07, 6.45) is 4.82. The molecule has 2 atom stereocenters. The molecule has 10 nitrogen and oxygen atoms in total. The van der Waals surface area contributed by atoms with Crippen LogP contribution in [0.15, 0.2) is 101 Å². The zero-order chi connectivity index (χ0) is 29.5. The molecule has 218 valence electrons. The molecule has 0 saturated carbocycles. The number of imidazole rings is 1. The van der Waals surface area contributed by atoms with E-state index in [9.17, 15) is 14.1 Å². The summed E-state index contributed by atoms with van der Waals surface area (Å²) in [4.78, 5) is 21.7. The van der Waals surface area contributed by atoms with Crippen LogP contribution in [0.4, 0.5) is 5.69 Å². The SMILES string of the molecule is CC(C)(CCn1cnc2cc(C(=O)NCc3ncco3)ccc21)NC[C@H](O)c1cccc(NS(=O)c2ccccc2)c1. The predicted molar refractivity (Wildman–Crippen MR) is 162 cm³/mol. The number of rotatable bonds is 13. The number of nitrogens with zero attached hydrogens (tertiary/aromatic N) is 3. The van der Waals surface area contributed by atoms with E-state index in [0.717, 1.165) is 23.0 Å². The number of aromatic nitrogens is 3. The minimum Gasteiger partial charge on any atom is -0.447 e. The van der Waals surface area contributed by atoms with Gasteiger partial charge in [0.15, 0.2) is 0 Å². The third-order valence-electron chi connectivity index (χ3n) is 6.96. The number of fused-ring (bicyclic) bond motifs is 1. The first-order valence-corrected chi connectivity index (χ1v) is 14.8. The standard InChI is InChI=1S/C31H34N6O4S/c1-31(2,35-19-28(38)22-7-6-8-24(17-22)36-42(40)25-9-4-3-5-10-25)13-15-37-21-34-26-18-23(11-12-27(26)37)30(39)33-20-29-32-14-16-41-29/h3-12,14,16-18,21,28,35-36,38H,13,15,19-20H2,1-2H3,(H,33,39)/t28-,42?/m0/s1. The topological polar surface area (TPSA) is 134 Å². The molecule has 0 saturated heterocycles. The van der Waals surface area contributed by atoms with Gasteiger partial charge in [-0.2, -0.15) is 0 Å². The van der Waals surface area contributed by atoms with Gasteiger partial charge in [-0.25, -0.2) is 14.2 Å². The second kappa shape index (κ2) is 13.1. The van der Waals surface area contributed by atoms with Gasteiger partial charge in [0.1, 0.15) is 17.2 Å². The van der Waals surface area contributed by atoms with E-state index in [1.54, 1.807) is 30.6 Å². The van der Waals surface area contributed by atoms with Crippen molar-refractivity contribution in [3.05, 3.63) is 109 Å². The van der Waals surface area contributed by atoms with Gasteiger partial charge in [-0.3, -0.25) is 4.79 Å². The van der Waals surface area contributed by atoms with Crippen LogP contribution in [0.25, 0.3) is 11.0 Å². The van der Waals surface area contributed by atoms with Gasteiger partial charge in [-0.1, -0.05) is 30.3 Å². The number of carbonyl (C=O) groups excluding carboxylic acids is 1. The summed E-state index contributed by atoms with van der Waals surface area (Å²) >= 11 is 0. The molecule has 0 radical (unpaired) electrons. The Morgan fingerprint density at radius 1 is 1.07 bits per heavy atom. The van der Waals surface area contributed by atoms with Crippen molar-refractivity contribution >= 4 is 33.6 Å². The first-order valence-electron chi connectivity index (χ1n) is 13.7. The normalized spacial score (nSPS) is 13.1. The Hall–Kier alpha value is -4.32. The highest BCUT2D eigenvalue weighted by molar-refractivity contribution is 7.86. The van der Waals surface area contributed by atoms with Gasteiger partial charge in [0, 0.05) is 29.9 Å². The first kappa shape index (κ1) is 29.2. The minimum atomic E-state index is -1.39. The molecule has 42 heavy (non-hydrogen) atoms. The number of aryl methyl sites for hydroxylation is 1. The molecule has 11 heteroatoms. The summed E-state index contributed by atoms with van der Waals surface area (Å²) in [7, 11) is -1.39. The molecular weight excluding hydrogens is 552 g/mol. The van der Waals surface area contributed by atoms with Crippen molar-refractivity contribution in [3.63, 3.8) is 0 Å². The zero-order valence-corrected chi connectivity index (χ0v) is 24.3. The van der Waals surface area contributed by atoms with E-state index < -0.39 is 17.1 Å². The van der Waals surface area contributed by atoms with E-state index in [0.29, 0.717) is 35.1 Å². The smallest absolute Gasteiger partial charge is 0.251 e. The fourth-order valence-corrected chi connectivity index (χ4v) is 5.34. The van der Waals surface area contributed by atoms with E-state index in [1.165, 1.54) is 12.5 Å². The maximum absolute atomic E-state index is 12.6. The summed E-state index contributed by atoms with van der Waals surface area (Å²) in [6, 6.07) is 22.0. The number of nitrogens with one attached hydrogen (secondary N) is 3. The molecule has 0 spiro atoms. The van der Waals surface area contributed by atoms with Crippen LogP contribution in [0.5, 0.6) is 0 Å². The Kier molecular flexibility index (Phi) is 9.11. The van der Waals surface area contributed by atoms with E-state index in [1.807, 2.05) is 48.5 Å². The van der Waals surface area contributed by atoms with Crippen LogP contribution in [-0.4, -0.2) is 41.8 Å². The molecule has 1 amide bonds. The summed E-state index contributed by atoms with van der Waals surface area (Å²) in [5.41, 5.74) is 3.32. The highest BCUT2D eigenvalue weighted by Crippen LogP contribution is 2.22. The molecule has 0 aliphatic rings. The van der Waals surface area contributed by atoms with E-state index >= 15 is 0 Å². The molecule has 4 N–H and O–H groups in total. The van der Waals surface area contributed by atoms with Crippen LogP contribution in [-0.2, 0) is 24.1 Å². The number of anilines is 1. The fourth-order valence-electron chi connectivity index (χ4n) is 4.48. The number of benzene rings is 3. The van der Waals surface area contributed by atoms with Crippen molar-refractivity contribution in [2.45, 2.75) is 49.9 Å². The van der Waals surface area contributed by atoms with Crippen LogP contribution in [0.1, 0.15) is 48.2 Å². The average Bonchev–Trinajstić information content (AvgIpc) is 3.68. The zero-order valence-electron chi connectivity index (χ0n) is 23.5. The van der Waals surface area contributed by atoms with Gasteiger partial charge < -0.3 is 29.4 Å². The van der Waals surface area contributed by atoms with Crippen molar-refractivity contribution in [3.8, 4) is 0 Å². The molecule has 0 aliphatic carbocycles. The Morgan fingerprint density at radius 3 is 2.69 bits per heavy atom. The Morgan fingerprint density at radius 2 is 1.90 bits per heavy atom. The van der Waals surface area contributed by atoms with Gasteiger partial charge in [-0.15, -0.1) is 0 Å². The second-order valence-electron chi connectivity index (χ2n) is 10.6. The lowest BCUT2D eigenvalue weighted by atomic mass is 9.99. The van der Waals surface area contributed by atoms with Gasteiger partial charge in [-0.05, 0) is 68.3 Å². The Labute approximate surface area is 246 Å². The van der Waals surface area contributed by atoms with Gasteiger partial charge in [0.25, 0.3) is 5.91 Å². The largest absolute Gasteiger partial charge is 0.447 e. The molecule has 0 aliphatic heterocycles. The van der Waals surface area contributed by atoms with Gasteiger partial charge in [0.2, 0.25) is 5.89 Å². The number of aliphatic hydroxyl groups is 1. The Bertz CT molecular complexity index is 1650. The number of hydrogen-bond donors (Lipinski definition) is 4. The molecule has 2 aromatic heterocycles. The summed E-state index contributed by atoms with van der Waals surface area (Å²) in [5, 5.41) is 17.2. The Balaban J connectivity index is 1.13. The van der Waals surface area contributed by atoms with Crippen LogP contribution < -0.4 is 15.4 Å². The first-order chi connectivity index (χ1) is 20.3. The van der Waals surface area contributed by atoms with Crippen LogP contribution >= 0.6 is 0 Å². The number of hydrogen-bond acceptors (Lipinski definition) is 7. The lowest BCUT2D eigenvalue weighted by Crippen LogP contribution is -2.42. The van der Waals surface area contributed by atoms with Gasteiger partial charge >= 0.3 is 0 Å². The van der Waals surface area contributed by atoms with Crippen molar-refractivity contribution in [2.75, 3.05) is 11.3 Å². The molecule has 5 aromatic rings. The lowest BCUT2D eigenvalue weighted by Gasteiger charge is -2.28. The third kappa shape index (κ3) is 7.49. The molecule has 0 fully saturated rings. The predicted octanol–water partition coefficient (Wildman–Crippen LogP) is 4.58. The monoisotopic (exact) mass is 586 g/mol. The molecule has 3 aromatic carbocycles. The summed E-state index contributed by atoms with van der Waals surface area (Å²) < 4.78 is 22.8. The maximum atomic E-state index is 12.6. The average molecular weight is 587 g/mol. The number of β-amino-alcohol motifs (C(OH)–C–C–N with tert-alkyl or cyclic N) is 1. The second-order valence-corrected chi connectivity index (χ2v) is 11.8. The van der Waals surface area contributed by atoms with Crippen molar-refractivity contribution in [2.24, 2.45) is 0 Å². The third-order valence-corrected chi connectivity index (χ3v) is 8.08. The number of amides is 1. The lowest BCUT2D eigenvalue weighted by molar-refractivity contribution is 0.0947. The highest BCUT2D eigenvalue weighted by atomic mass is 32.2. The number of oxazole rings is 1. The van der Waals surface area contributed by atoms with Crippen molar-refractivity contribution in [1.82, 2.24) is 25.2 Å². The molecule has 1 unspecified atom stereocenters. The summed E-state index contributed by atoms with van der Waals surface area (Å²) in [6.45, 7) is 5.46. The molecule has 2 heterocycles. The molecule has 0 bridgehead atoms. The van der Waals surface area contributed by atoms with Crippen molar-refractivity contribution < 1.29 is 18.5 Å². The van der Waals surface area contributed by atoms with Gasteiger partial charge in [0.05, 0.1) is 41.1 Å². The van der Waals surface area contributed by atoms with Crippen LogP contribution in [0, 0.1) is 0 Å². The molecule has 5 rings (SSSR count). The number of aliphatic hydroxyl groups excluding tert-OH is 1. The van der Waals surface area contributed by atoms with Crippen LogP contribution in [0.3, 0.4) is 0 Å².